The summed E-state index contributed by atoms with van der Waals surface area (Å²) in [5.41, 5.74) is 1.42. The average molecular weight is 367 g/mol. The van der Waals surface area contributed by atoms with Crippen LogP contribution in [0.5, 0.6) is 11.5 Å². The summed E-state index contributed by atoms with van der Waals surface area (Å²) in [6.45, 7) is 3.23. The van der Waals surface area contributed by atoms with Crippen LogP contribution in [-0.4, -0.2) is 51.0 Å². The van der Waals surface area contributed by atoms with Crippen LogP contribution in [0.25, 0.3) is 0 Å². The van der Waals surface area contributed by atoms with Gasteiger partial charge in [0.15, 0.2) is 16.6 Å². The predicted molar refractivity (Wildman–Crippen MR) is 92.6 cm³/mol. The van der Waals surface area contributed by atoms with Crippen LogP contribution in [0.1, 0.15) is 25.0 Å². The molecule has 25 heavy (non-hydrogen) atoms. The number of benzene rings is 1. The first-order chi connectivity index (χ1) is 11.7. The van der Waals surface area contributed by atoms with Gasteiger partial charge in [-0.05, 0) is 23.3 Å². The van der Waals surface area contributed by atoms with Crippen molar-refractivity contribution in [3.05, 3.63) is 23.3 Å². The van der Waals surface area contributed by atoms with Crippen LogP contribution in [-0.2, 0) is 27.3 Å². The number of rotatable bonds is 5. The van der Waals surface area contributed by atoms with Crippen molar-refractivity contribution < 1.29 is 29.3 Å². The van der Waals surface area contributed by atoms with Crippen LogP contribution in [0.4, 0.5) is 0 Å². The van der Waals surface area contributed by atoms with Gasteiger partial charge in [-0.15, -0.1) is 0 Å². The maximum atomic E-state index is 12.7. The van der Waals surface area contributed by atoms with Gasteiger partial charge in [-0.1, -0.05) is 18.7 Å². The summed E-state index contributed by atoms with van der Waals surface area (Å²) in [6, 6.07) is 2.11. The number of nitrogens with zero attached hydrogens (tertiary/aromatic N) is 1. The molecule has 1 amide bonds. The lowest BCUT2D eigenvalue weighted by molar-refractivity contribution is -0.152. The number of hydrogen-bond donors (Lipinski definition) is 2. The van der Waals surface area contributed by atoms with Crippen molar-refractivity contribution in [3.63, 3.8) is 0 Å². The standard InChI is InChI=1S/C17H21NO6S/c1-9(8-25-10(2)19)16(21)18-7-12-6-15(24-3)14(20)5-11(12)4-13(18)17(22)23/h5-6,9,13,20H,4,7-8H2,1-3H3,(H,22,23). The molecule has 2 N–H and O–H groups in total. The number of amides is 1. The summed E-state index contributed by atoms with van der Waals surface area (Å²) in [5.74, 6) is -1.35. The van der Waals surface area contributed by atoms with E-state index in [1.807, 2.05) is 0 Å². The Hall–Kier alpha value is -2.22. The number of carboxylic acids is 1. The Morgan fingerprint density at radius 3 is 2.60 bits per heavy atom. The van der Waals surface area contributed by atoms with E-state index in [1.54, 1.807) is 13.0 Å². The van der Waals surface area contributed by atoms with Crippen molar-refractivity contribution in [2.45, 2.75) is 32.9 Å². The van der Waals surface area contributed by atoms with Crippen molar-refractivity contribution in [1.29, 1.82) is 0 Å². The van der Waals surface area contributed by atoms with Crippen molar-refractivity contribution in [2.75, 3.05) is 12.9 Å². The van der Waals surface area contributed by atoms with E-state index in [2.05, 4.69) is 0 Å². The number of hydrogen-bond acceptors (Lipinski definition) is 6. The van der Waals surface area contributed by atoms with E-state index in [1.165, 1.54) is 25.0 Å². The van der Waals surface area contributed by atoms with E-state index >= 15 is 0 Å². The molecule has 0 saturated carbocycles. The van der Waals surface area contributed by atoms with E-state index in [0.29, 0.717) is 11.3 Å². The van der Waals surface area contributed by atoms with Crippen molar-refractivity contribution in [2.24, 2.45) is 5.92 Å². The van der Waals surface area contributed by atoms with E-state index in [4.69, 9.17) is 4.74 Å². The molecule has 2 unspecified atom stereocenters. The number of aromatic hydroxyl groups is 1. The molecule has 136 valence electrons. The highest BCUT2D eigenvalue weighted by Crippen LogP contribution is 2.34. The van der Waals surface area contributed by atoms with E-state index < -0.39 is 17.9 Å². The number of phenols is 1. The number of thioether (sulfide) groups is 1. The molecule has 1 aliphatic heterocycles. The Labute approximate surface area is 150 Å². The van der Waals surface area contributed by atoms with Gasteiger partial charge >= 0.3 is 5.97 Å². The SMILES string of the molecule is COc1cc2c(cc1O)CC(C(=O)O)N(C(=O)C(C)CSC(C)=O)C2. The molecule has 1 heterocycles. The lowest BCUT2D eigenvalue weighted by Gasteiger charge is -2.36. The molecule has 0 saturated heterocycles. The summed E-state index contributed by atoms with van der Waals surface area (Å²) in [6.07, 6.45) is 0.112. The Morgan fingerprint density at radius 1 is 1.36 bits per heavy atom. The highest BCUT2D eigenvalue weighted by Gasteiger charge is 2.36. The van der Waals surface area contributed by atoms with Gasteiger partial charge < -0.3 is 19.8 Å². The lowest BCUT2D eigenvalue weighted by Crippen LogP contribution is -2.50. The molecule has 0 bridgehead atoms. The minimum atomic E-state index is -1.10. The monoisotopic (exact) mass is 367 g/mol. The number of carboxylic acid groups (broad SMARTS) is 1. The fourth-order valence-electron chi connectivity index (χ4n) is 2.82. The second-order valence-corrected chi connectivity index (χ2v) is 7.22. The molecule has 2 rings (SSSR count). The molecule has 0 fully saturated rings. The summed E-state index contributed by atoms with van der Waals surface area (Å²) in [5, 5.41) is 19.3. The molecule has 8 heteroatoms. The molecule has 1 aromatic carbocycles. The average Bonchev–Trinajstić information content (AvgIpc) is 2.57. The van der Waals surface area contributed by atoms with Crippen LogP contribution < -0.4 is 4.74 Å². The van der Waals surface area contributed by atoms with E-state index in [9.17, 15) is 24.6 Å². The molecule has 1 aliphatic rings. The zero-order valence-corrected chi connectivity index (χ0v) is 15.1. The quantitative estimate of drug-likeness (QED) is 0.815. The minimum absolute atomic E-state index is 0.0589. The third-order valence-corrected chi connectivity index (χ3v) is 5.23. The number of fused-ring (bicyclic) bond motifs is 1. The first-order valence-electron chi connectivity index (χ1n) is 7.80. The van der Waals surface area contributed by atoms with Crippen molar-refractivity contribution >= 4 is 28.8 Å². The second-order valence-electron chi connectivity index (χ2n) is 6.02. The van der Waals surface area contributed by atoms with E-state index in [0.717, 1.165) is 17.3 Å². The third-order valence-electron chi connectivity index (χ3n) is 4.16. The zero-order chi connectivity index (χ0) is 18.7. The van der Waals surface area contributed by atoms with Crippen LogP contribution >= 0.6 is 11.8 Å². The van der Waals surface area contributed by atoms with E-state index in [-0.39, 0.29) is 35.5 Å². The smallest absolute Gasteiger partial charge is 0.326 e. The van der Waals surface area contributed by atoms with Crippen LogP contribution in [0.15, 0.2) is 12.1 Å². The van der Waals surface area contributed by atoms with Gasteiger partial charge in [-0.2, -0.15) is 0 Å². The summed E-state index contributed by atoms with van der Waals surface area (Å²) >= 11 is 1.05. The van der Waals surface area contributed by atoms with Gasteiger partial charge in [0.05, 0.1) is 7.11 Å². The van der Waals surface area contributed by atoms with Gasteiger partial charge in [0.25, 0.3) is 0 Å². The van der Waals surface area contributed by atoms with Gasteiger partial charge in [-0.25, -0.2) is 4.79 Å². The summed E-state index contributed by atoms with van der Waals surface area (Å²) in [7, 11) is 1.42. The largest absolute Gasteiger partial charge is 0.504 e. The molecule has 7 nitrogen and oxygen atoms in total. The molecule has 0 spiro atoms. The highest BCUT2D eigenvalue weighted by molar-refractivity contribution is 8.13. The van der Waals surface area contributed by atoms with Gasteiger partial charge in [0, 0.05) is 31.6 Å². The summed E-state index contributed by atoms with van der Waals surface area (Å²) in [4.78, 5) is 36.8. The van der Waals surface area contributed by atoms with Crippen LogP contribution in [0, 0.1) is 5.92 Å². The number of phenolic OH excluding ortho intramolecular Hbond substituents is 1. The number of carbonyl (C=O) groups is 3. The highest BCUT2D eigenvalue weighted by atomic mass is 32.2. The van der Waals surface area contributed by atoms with Gasteiger partial charge in [0.2, 0.25) is 5.91 Å². The second kappa shape index (κ2) is 7.77. The topological polar surface area (TPSA) is 104 Å². The van der Waals surface area contributed by atoms with Crippen LogP contribution in [0.3, 0.4) is 0 Å². The van der Waals surface area contributed by atoms with Crippen LogP contribution in [0.2, 0.25) is 0 Å². The van der Waals surface area contributed by atoms with Crippen molar-refractivity contribution in [1.82, 2.24) is 4.90 Å². The maximum Gasteiger partial charge on any atom is 0.326 e. The molecular weight excluding hydrogens is 346 g/mol. The Bertz CT molecular complexity index is 705. The zero-order valence-electron chi connectivity index (χ0n) is 14.3. The molecule has 1 aromatic rings. The Balaban J connectivity index is 2.29. The molecule has 2 atom stereocenters. The van der Waals surface area contributed by atoms with Crippen molar-refractivity contribution in [3.8, 4) is 11.5 Å². The molecule has 0 aliphatic carbocycles. The summed E-state index contributed by atoms with van der Waals surface area (Å²) < 4.78 is 5.08. The molecular formula is C17H21NO6S. The minimum Gasteiger partial charge on any atom is -0.504 e. The normalized spacial score (nSPS) is 17.6. The number of aliphatic carboxylic acids is 1. The number of ether oxygens (including phenoxy) is 1. The molecule has 0 radical (unpaired) electrons. The maximum absolute atomic E-state index is 12.7. The first-order valence-corrected chi connectivity index (χ1v) is 8.78. The lowest BCUT2D eigenvalue weighted by atomic mass is 9.92. The molecule has 0 aromatic heterocycles. The third kappa shape index (κ3) is 4.25. The Morgan fingerprint density at radius 2 is 2.04 bits per heavy atom. The number of carbonyl (C=O) groups excluding carboxylic acids is 2. The fraction of sp³-hybridized carbons (Fsp3) is 0.471. The fourth-order valence-corrected chi connectivity index (χ4v) is 3.44. The van der Waals surface area contributed by atoms with Gasteiger partial charge in [-0.3, -0.25) is 9.59 Å². The number of methoxy groups -OCH3 is 1. The predicted octanol–water partition coefficient (Wildman–Crippen LogP) is 1.65. The first kappa shape index (κ1) is 19.1. The Kier molecular flexibility index (Phi) is 5.94. The van der Waals surface area contributed by atoms with Gasteiger partial charge in [0.1, 0.15) is 6.04 Å².